The predicted octanol–water partition coefficient (Wildman–Crippen LogP) is 3.69. The van der Waals surface area contributed by atoms with Gasteiger partial charge in [-0.1, -0.05) is 68.3 Å². The summed E-state index contributed by atoms with van der Waals surface area (Å²) >= 11 is 0. The average Bonchev–Trinajstić information content (AvgIpc) is 3.16. The summed E-state index contributed by atoms with van der Waals surface area (Å²) < 4.78 is 10.8. The molecule has 0 saturated carbocycles. The molecular formula is C26H32N2O6. The van der Waals surface area contributed by atoms with Crippen LogP contribution in [0.4, 0.5) is 4.79 Å². The Balaban J connectivity index is 1.52. The first kappa shape index (κ1) is 25.2. The molecule has 0 bridgehead atoms. The van der Waals surface area contributed by atoms with E-state index in [4.69, 9.17) is 14.6 Å². The Kier molecular flexibility index (Phi) is 9.46. The molecule has 1 atom stereocenters. The van der Waals surface area contributed by atoms with E-state index in [9.17, 15) is 14.4 Å². The number of hydrogen-bond acceptors (Lipinski definition) is 5. The molecule has 0 radical (unpaired) electrons. The third-order valence-corrected chi connectivity index (χ3v) is 5.80. The summed E-state index contributed by atoms with van der Waals surface area (Å²) in [5, 5.41) is 14.0. The number of hydrogen-bond donors (Lipinski definition) is 3. The van der Waals surface area contributed by atoms with Crippen molar-refractivity contribution in [1.29, 1.82) is 0 Å². The van der Waals surface area contributed by atoms with E-state index in [1.54, 1.807) is 0 Å². The molecule has 2 aromatic rings. The highest BCUT2D eigenvalue weighted by Crippen LogP contribution is 2.44. The molecule has 1 aliphatic rings. The zero-order chi connectivity index (χ0) is 24.3. The number of carboxylic acid groups (broad SMARTS) is 1. The lowest BCUT2D eigenvalue weighted by atomic mass is 9.98. The molecular weight excluding hydrogens is 436 g/mol. The number of amides is 2. The fraction of sp³-hybridized carbons (Fsp3) is 0.423. The summed E-state index contributed by atoms with van der Waals surface area (Å²) in [7, 11) is 0. The maximum Gasteiger partial charge on any atom is 0.407 e. The fourth-order valence-electron chi connectivity index (χ4n) is 4.09. The van der Waals surface area contributed by atoms with Crippen molar-refractivity contribution < 1.29 is 29.0 Å². The number of ether oxygens (including phenoxy) is 2. The van der Waals surface area contributed by atoms with Crippen molar-refractivity contribution in [3.8, 4) is 11.1 Å². The second-order valence-electron chi connectivity index (χ2n) is 8.21. The first-order chi connectivity index (χ1) is 16.5. The molecule has 0 heterocycles. The molecule has 0 unspecified atom stereocenters. The lowest BCUT2D eigenvalue weighted by Gasteiger charge is -2.19. The van der Waals surface area contributed by atoms with E-state index in [0.717, 1.165) is 35.1 Å². The number of rotatable bonds is 13. The maximum atomic E-state index is 12.6. The van der Waals surface area contributed by atoms with Crippen molar-refractivity contribution in [3.63, 3.8) is 0 Å². The Morgan fingerprint density at radius 2 is 1.65 bits per heavy atom. The summed E-state index contributed by atoms with van der Waals surface area (Å²) in [5.74, 6) is -1.30. The highest BCUT2D eigenvalue weighted by molar-refractivity contribution is 5.85. The quantitative estimate of drug-likeness (QED) is 0.386. The largest absolute Gasteiger partial charge is 0.481 e. The Morgan fingerprint density at radius 1 is 1.00 bits per heavy atom. The maximum absolute atomic E-state index is 12.6. The van der Waals surface area contributed by atoms with Crippen molar-refractivity contribution in [3.05, 3.63) is 59.7 Å². The highest BCUT2D eigenvalue weighted by atomic mass is 16.5. The van der Waals surface area contributed by atoms with Crippen LogP contribution < -0.4 is 10.6 Å². The van der Waals surface area contributed by atoms with Crippen LogP contribution in [-0.4, -0.2) is 55.5 Å². The lowest BCUT2D eigenvalue weighted by Crippen LogP contribution is -2.47. The SMILES string of the molecule is CCCC[C@H](NC(=O)OCC1c2ccccc2-c2ccccc21)C(=O)NCCOCCC(=O)O. The standard InChI is InChI=1S/C26H32N2O6/c1-2-3-12-23(25(31)27-14-16-33-15-13-24(29)30)28-26(32)34-17-22-20-10-6-4-8-18(20)19-9-5-7-11-21(19)22/h4-11,22-23H,2-3,12-17H2,1H3,(H,27,31)(H,28,32)(H,29,30)/t23-/m0/s1. The molecule has 0 aromatic heterocycles. The van der Waals surface area contributed by atoms with Gasteiger partial charge in [-0.3, -0.25) is 9.59 Å². The van der Waals surface area contributed by atoms with E-state index in [1.807, 2.05) is 31.2 Å². The number of aliphatic carboxylic acids is 1. The zero-order valence-corrected chi connectivity index (χ0v) is 19.4. The molecule has 0 aliphatic heterocycles. The van der Waals surface area contributed by atoms with E-state index in [2.05, 4.69) is 34.9 Å². The molecule has 8 nitrogen and oxygen atoms in total. The van der Waals surface area contributed by atoms with E-state index in [0.29, 0.717) is 6.42 Å². The van der Waals surface area contributed by atoms with Crippen LogP contribution in [0.15, 0.2) is 48.5 Å². The molecule has 182 valence electrons. The van der Waals surface area contributed by atoms with E-state index in [1.165, 1.54) is 0 Å². The van der Waals surface area contributed by atoms with Crippen LogP contribution in [0.5, 0.6) is 0 Å². The van der Waals surface area contributed by atoms with Crippen molar-refractivity contribution in [1.82, 2.24) is 10.6 Å². The minimum Gasteiger partial charge on any atom is -0.481 e. The van der Waals surface area contributed by atoms with Gasteiger partial charge in [0.05, 0.1) is 19.6 Å². The number of alkyl carbamates (subject to hydrolysis) is 1. The minimum atomic E-state index is -0.934. The number of unbranched alkanes of at least 4 members (excludes halogenated alkanes) is 1. The van der Waals surface area contributed by atoms with Gasteiger partial charge >= 0.3 is 12.1 Å². The van der Waals surface area contributed by atoms with Crippen LogP contribution in [0, 0.1) is 0 Å². The van der Waals surface area contributed by atoms with Gasteiger partial charge in [0.25, 0.3) is 0 Å². The van der Waals surface area contributed by atoms with Gasteiger partial charge in [-0.25, -0.2) is 4.79 Å². The summed E-state index contributed by atoms with van der Waals surface area (Å²) in [4.78, 5) is 35.7. The van der Waals surface area contributed by atoms with Gasteiger partial charge < -0.3 is 25.2 Å². The minimum absolute atomic E-state index is 0.0518. The topological polar surface area (TPSA) is 114 Å². The van der Waals surface area contributed by atoms with Crippen LogP contribution in [0.25, 0.3) is 11.1 Å². The number of benzene rings is 2. The second kappa shape index (κ2) is 12.7. The summed E-state index contributed by atoms with van der Waals surface area (Å²) in [5.41, 5.74) is 4.55. The van der Waals surface area contributed by atoms with Crippen molar-refractivity contribution >= 4 is 18.0 Å². The number of carboxylic acids is 1. The molecule has 1 aliphatic carbocycles. The van der Waals surface area contributed by atoms with E-state index < -0.39 is 18.1 Å². The van der Waals surface area contributed by atoms with Crippen molar-refractivity contribution in [2.24, 2.45) is 0 Å². The Hall–Kier alpha value is -3.39. The second-order valence-corrected chi connectivity index (χ2v) is 8.21. The van der Waals surface area contributed by atoms with Gasteiger partial charge in [-0.15, -0.1) is 0 Å². The summed E-state index contributed by atoms with van der Waals surface area (Å²) in [6, 6.07) is 15.5. The molecule has 0 fully saturated rings. The van der Waals surface area contributed by atoms with Crippen LogP contribution in [0.2, 0.25) is 0 Å². The molecule has 8 heteroatoms. The fourth-order valence-corrected chi connectivity index (χ4v) is 4.09. The van der Waals surface area contributed by atoms with Crippen molar-refractivity contribution in [2.75, 3.05) is 26.4 Å². The molecule has 34 heavy (non-hydrogen) atoms. The monoisotopic (exact) mass is 468 g/mol. The van der Waals surface area contributed by atoms with Gasteiger partial charge in [0.1, 0.15) is 12.6 Å². The van der Waals surface area contributed by atoms with Crippen molar-refractivity contribution in [2.45, 2.75) is 44.6 Å². The first-order valence-electron chi connectivity index (χ1n) is 11.7. The first-order valence-corrected chi connectivity index (χ1v) is 11.7. The average molecular weight is 469 g/mol. The summed E-state index contributed by atoms with van der Waals surface area (Å²) in [6.07, 6.45) is 1.43. The third kappa shape index (κ3) is 6.81. The van der Waals surface area contributed by atoms with E-state index in [-0.39, 0.29) is 44.6 Å². The smallest absolute Gasteiger partial charge is 0.407 e. The molecule has 2 aromatic carbocycles. The lowest BCUT2D eigenvalue weighted by molar-refractivity contribution is -0.138. The van der Waals surface area contributed by atoms with Gasteiger partial charge in [0.15, 0.2) is 0 Å². The van der Waals surface area contributed by atoms with Crippen LogP contribution in [0.3, 0.4) is 0 Å². The Morgan fingerprint density at radius 3 is 2.26 bits per heavy atom. The molecule has 0 saturated heterocycles. The Bertz CT molecular complexity index is 947. The zero-order valence-electron chi connectivity index (χ0n) is 19.4. The molecule has 2 amide bonds. The number of carbonyl (C=O) groups is 3. The van der Waals surface area contributed by atoms with Crippen LogP contribution in [0.1, 0.15) is 49.7 Å². The van der Waals surface area contributed by atoms with Crippen LogP contribution in [-0.2, 0) is 19.1 Å². The van der Waals surface area contributed by atoms with Gasteiger partial charge in [0, 0.05) is 12.5 Å². The molecule has 0 spiro atoms. The van der Waals surface area contributed by atoms with Gasteiger partial charge in [-0.05, 0) is 28.7 Å². The normalized spacial score (nSPS) is 13.0. The number of nitrogens with one attached hydrogen (secondary N) is 2. The van der Waals surface area contributed by atoms with Gasteiger partial charge in [-0.2, -0.15) is 0 Å². The van der Waals surface area contributed by atoms with Gasteiger partial charge in [0.2, 0.25) is 5.91 Å². The van der Waals surface area contributed by atoms with E-state index >= 15 is 0 Å². The number of carbonyl (C=O) groups excluding carboxylic acids is 2. The molecule has 3 N–H and O–H groups in total. The third-order valence-electron chi connectivity index (χ3n) is 5.80. The highest BCUT2D eigenvalue weighted by Gasteiger charge is 2.29. The number of fused-ring (bicyclic) bond motifs is 3. The Labute approximate surface area is 199 Å². The molecule has 3 rings (SSSR count). The van der Waals surface area contributed by atoms with Crippen LogP contribution >= 0.6 is 0 Å². The predicted molar refractivity (Wildman–Crippen MR) is 128 cm³/mol. The summed E-state index contributed by atoms with van der Waals surface area (Å²) in [6.45, 7) is 2.71.